The van der Waals surface area contributed by atoms with Gasteiger partial charge in [-0.1, -0.05) is 126 Å². The van der Waals surface area contributed by atoms with Crippen molar-refractivity contribution in [1.82, 2.24) is 0 Å². The molecule has 0 aliphatic heterocycles. The SMILES string of the molecule is CC[Si](CC)(CC)c1ccc(CN(c2ccccc2)C2CCCCC2)s1.c1ccc(N(Cc2cccs2)C2CCCCC2)cc1. The van der Waals surface area contributed by atoms with Gasteiger partial charge in [0.05, 0.1) is 21.2 Å². The van der Waals surface area contributed by atoms with Crippen molar-refractivity contribution in [3.05, 3.63) is 100 Å². The van der Waals surface area contributed by atoms with E-state index in [1.54, 1.807) is 9.38 Å². The van der Waals surface area contributed by atoms with Gasteiger partial charge in [-0.15, -0.1) is 22.7 Å². The first-order valence-corrected chi connectivity index (χ1v) is 22.2. The molecule has 2 aromatic carbocycles. The number of rotatable bonds is 12. The Morgan fingerprint density at radius 2 is 1.04 bits per heavy atom. The smallest absolute Gasteiger partial charge is 0.0987 e. The largest absolute Gasteiger partial charge is 0.363 e. The molecule has 0 unspecified atom stereocenters. The van der Waals surface area contributed by atoms with Crippen molar-refractivity contribution in [2.75, 3.05) is 9.80 Å². The first-order chi connectivity index (χ1) is 22.2. The molecule has 2 heterocycles. The first kappa shape index (κ1) is 34.0. The summed E-state index contributed by atoms with van der Waals surface area (Å²) in [6, 6.07) is 36.9. The van der Waals surface area contributed by atoms with E-state index in [9.17, 15) is 0 Å². The molecule has 0 bridgehead atoms. The second-order valence-corrected chi connectivity index (χ2v) is 21.0. The molecule has 6 rings (SSSR count). The standard InChI is InChI=1S/C23H35NSSi.C17H21NS/c1-4-26(5-2,6-3)23-18-17-22(25-23)19-24(20-13-9-7-10-14-20)21-15-11-8-12-16-21;1-3-8-15(9-4-1)18(14-17-12-7-13-19-17)16-10-5-2-6-11-16/h7,9-10,13-14,17-18,21H,4-6,8,11-12,15-16,19H2,1-3H3;1,3-4,7-9,12-13,16H,2,5-6,10-11,14H2. The van der Waals surface area contributed by atoms with Crippen molar-refractivity contribution < 1.29 is 0 Å². The lowest BCUT2D eigenvalue weighted by atomic mass is 9.93. The highest BCUT2D eigenvalue weighted by Gasteiger charge is 2.31. The van der Waals surface area contributed by atoms with Crippen LogP contribution in [-0.4, -0.2) is 20.2 Å². The van der Waals surface area contributed by atoms with E-state index < -0.39 is 8.07 Å². The number of para-hydroxylation sites is 2. The third kappa shape index (κ3) is 9.14. The van der Waals surface area contributed by atoms with Gasteiger partial charge in [0.25, 0.3) is 0 Å². The van der Waals surface area contributed by atoms with E-state index in [0.29, 0.717) is 6.04 Å². The summed E-state index contributed by atoms with van der Waals surface area (Å²) in [4.78, 5) is 8.34. The quantitative estimate of drug-likeness (QED) is 0.140. The molecule has 2 fully saturated rings. The average molecular weight is 657 g/mol. The molecule has 4 aromatic rings. The first-order valence-electron chi connectivity index (χ1n) is 17.9. The van der Waals surface area contributed by atoms with Gasteiger partial charge in [-0.25, -0.2) is 0 Å². The minimum Gasteiger partial charge on any atom is -0.363 e. The van der Waals surface area contributed by atoms with Crippen LogP contribution < -0.4 is 14.3 Å². The van der Waals surface area contributed by atoms with Gasteiger partial charge < -0.3 is 9.80 Å². The predicted molar refractivity (Wildman–Crippen MR) is 204 cm³/mol. The molecular formula is C40H56N2S2Si. The summed E-state index contributed by atoms with van der Waals surface area (Å²) in [6.45, 7) is 9.39. The third-order valence-electron chi connectivity index (χ3n) is 10.7. The average Bonchev–Trinajstić information content (AvgIpc) is 3.82. The second-order valence-electron chi connectivity index (χ2n) is 13.2. The maximum absolute atomic E-state index is 2.70. The lowest BCUT2D eigenvalue weighted by Gasteiger charge is -2.36. The van der Waals surface area contributed by atoms with Crippen LogP contribution in [0.5, 0.6) is 0 Å². The Hall–Kier alpha value is -2.34. The molecule has 0 amide bonds. The van der Waals surface area contributed by atoms with Gasteiger partial charge in [0.15, 0.2) is 0 Å². The van der Waals surface area contributed by atoms with Gasteiger partial charge in [-0.05, 0) is 72.0 Å². The molecule has 0 N–H and O–H groups in total. The monoisotopic (exact) mass is 656 g/mol. The fourth-order valence-corrected chi connectivity index (χ4v) is 14.6. The Balaban J connectivity index is 0.000000186. The fourth-order valence-electron chi connectivity index (χ4n) is 7.65. The number of benzene rings is 2. The zero-order chi connectivity index (χ0) is 31.3. The van der Waals surface area contributed by atoms with Crippen LogP contribution in [-0.2, 0) is 13.1 Å². The number of anilines is 2. The van der Waals surface area contributed by atoms with E-state index in [-0.39, 0.29) is 0 Å². The molecule has 45 heavy (non-hydrogen) atoms. The summed E-state index contributed by atoms with van der Waals surface area (Å²) in [5.74, 6) is 0. The van der Waals surface area contributed by atoms with Crippen LogP contribution in [0.2, 0.25) is 18.1 Å². The molecule has 2 saturated carbocycles. The van der Waals surface area contributed by atoms with E-state index in [1.165, 1.54) is 98.6 Å². The van der Waals surface area contributed by atoms with Gasteiger partial charge in [0, 0.05) is 33.2 Å². The zero-order valence-corrected chi connectivity index (χ0v) is 30.8. The highest BCUT2D eigenvalue weighted by molar-refractivity contribution is 7.27. The fraction of sp³-hybridized carbons (Fsp3) is 0.500. The van der Waals surface area contributed by atoms with Gasteiger partial charge >= 0.3 is 0 Å². The number of hydrogen-bond acceptors (Lipinski definition) is 4. The van der Waals surface area contributed by atoms with E-state index in [2.05, 4.69) is 132 Å². The molecule has 0 atom stereocenters. The van der Waals surface area contributed by atoms with E-state index in [4.69, 9.17) is 0 Å². The molecule has 0 saturated heterocycles. The molecule has 2 aliphatic carbocycles. The summed E-state index contributed by atoms with van der Waals surface area (Å²) in [5.41, 5.74) is 2.78. The van der Waals surface area contributed by atoms with Crippen molar-refractivity contribution in [3.8, 4) is 0 Å². The normalized spacial score (nSPS) is 16.2. The number of hydrogen-bond donors (Lipinski definition) is 0. The molecule has 2 aromatic heterocycles. The molecule has 0 radical (unpaired) electrons. The Bertz CT molecular complexity index is 1330. The molecule has 5 heteroatoms. The highest BCUT2D eigenvalue weighted by atomic mass is 32.1. The van der Waals surface area contributed by atoms with Gasteiger partial charge in [-0.2, -0.15) is 0 Å². The van der Waals surface area contributed by atoms with Crippen LogP contribution in [0.1, 0.15) is 94.7 Å². The Morgan fingerprint density at radius 1 is 0.556 bits per heavy atom. The van der Waals surface area contributed by atoms with Crippen molar-refractivity contribution in [2.24, 2.45) is 0 Å². The lowest BCUT2D eigenvalue weighted by Crippen LogP contribution is -2.43. The molecule has 2 aliphatic rings. The van der Waals surface area contributed by atoms with Crippen LogP contribution >= 0.6 is 22.7 Å². The van der Waals surface area contributed by atoms with Crippen molar-refractivity contribution in [1.29, 1.82) is 0 Å². The van der Waals surface area contributed by atoms with Crippen molar-refractivity contribution >= 4 is 46.6 Å². The zero-order valence-electron chi connectivity index (χ0n) is 28.1. The number of nitrogens with zero attached hydrogens (tertiary/aromatic N) is 2. The summed E-state index contributed by atoms with van der Waals surface area (Å²) in [7, 11) is -1.24. The minimum absolute atomic E-state index is 0.710. The van der Waals surface area contributed by atoms with Crippen LogP contribution in [0.3, 0.4) is 0 Å². The highest BCUT2D eigenvalue weighted by Crippen LogP contribution is 2.32. The summed E-state index contributed by atoms with van der Waals surface area (Å²) >= 11 is 3.99. The maximum atomic E-state index is 2.70. The van der Waals surface area contributed by atoms with Crippen LogP contribution in [0.25, 0.3) is 0 Å². The van der Waals surface area contributed by atoms with Gasteiger partial charge in [-0.3, -0.25) is 0 Å². The molecule has 0 spiro atoms. The molecule has 2 nitrogen and oxygen atoms in total. The maximum Gasteiger partial charge on any atom is 0.0987 e. The topological polar surface area (TPSA) is 6.48 Å². The second kappa shape index (κ2) is 17.5. The van der Waals surface area contributed by atoms with Crippen LogP contribution in [0.15, 0.2) is 90.3 Å². The van der Waals surface area contributed by atoms with Gasteiger partial charge in [0.2, 0.25) is 0 Å². The number of thiophene rings is 2. The van der Waals surface area contributed by atoms with Crippen molar-refractivity contribution in [3.63, 3.8) is 0 Å². The summed E-state index contributed by atoms with van der Waals surface area (Å²) in [6.07, 6.45) is 13.8. The Morgan fingerprint density at radius 3 is 1.49 bits per heavy atom. The summed E-state index contributed by atoms with van der Waals surface area (Å²) < 4.78 is 1.73. The molecular weight excluding hydrogens is 601 g/mol. The van der Waals surface area contributed by atoms with Crippen LogP contribution in [0, 0.1) is 0 Å². The Kier molecular flexibility index (Phi) is 13.3. The van der Waals surface area contributed by atoms with Gasteiger partial charge in [0.1, 0.15) is 0 Å². The van der Waals surface area contributed by atoms with Crippen molar-refractivity contribution in [2.45, 2.75) is 128 Å². The third-order valence-corrected chi connectivity index (χ3v) is 19.3. The lowest BCUT2D eigenvalue weighted by molar-refractivity contribution is 0.414. The molecule has 242 valence electrons. The van der Waals surface area contributed by atoms with E-state index >= 15 is 0 Å². The van der Waals surface area contributed by atoms with E-state index in [1.807, 2.05) is 11.3 Å². The Labute approximate surface area is 283 Å². The van der Waals surface area contributed by atoms with E-state index in [0.717, 1.165) is 19.1 Å². The van der Waals surface area contributed by atoms with Crippen LogP contribution in [0.4, 0.5) is 11.4 Å². The summed E-state index contributed by atoms with van der Waals surface area (Å²) in [5, 5.41) is 2.18. The predicted octanol–water partition coefficient (Wildman–Crippen LogP) is 11.9. The minimum atomic E-state index is -1.24.